The van der Waals surface area contributed by atoms with Crippen LogP contribution in [-0.4, -0.2) is 12.6 Å². The quantitative estimate of drug-likeness (QED) is 0.759. The predicted molar refractivity (Wildman–Crippen MR) is 76.0 cm³/mol. The Kier molecular flexibility index (Phi) is 4.73. The molecular weight excluding hydrogens is 236 g/mol. The molecule has 2 heteroatoms. The van der Waals surface area contributed by atoms with E-state index in [1.165, 1.54) is 0 Å². The molecular formula is C17H18O2. The lowest BCUT2D eigenvalue weighted by Crippen LogP contribution is -2.11. The molecule has 0 saturated carbocycles. The first-order chi connectivity index (χ1) is 9.31. The molecule has 0 N–H and O–H groups in total. The monoisotopic (exact) mass is 254 g/mol. The van der Waals surface area contributed by atoms with Crippen molar-refractivity contribution in [1.82, 2.24) is 0 Å². The maximum Gasteiger partial charge on any atom is 0.306 e. The fourth-order valence-corrected chi connectivity index (χ4v) is 2.19. The minimum Gasteiger partial charge on any atom is -0.466 e. The van der Waals surface area contributed by atoms with E-state index in [9.17, 15) is 4.79 Å². The molecule has 0 aliphatic carbocycles. The fourth-order valence-electron chi connectivity index (χ4n) is 2.19. The molecule has 0 spiro atoms. The van der Waals surface area contributed by atoms with Crippen LogP contribution in [0.5, 0.6) is 0 Å². The van der Waals surface area contributed by atoms with Crippen LogP contribution in [0.3, 0.4) is 0 Å². The topological polar surface area (TPSA) is 26.3 Å². The fraction of sp³-hybridized carbons (Fsp3) is 0.235. The Morgan fingerprint density at radius 1 is 0.947 bits per heavy atom. The lowest BCUT2D eigenvalue weighted by Gasteiger charge is -2.17. The Bertz CT molecular complexity index is 466. The second kappa shape index (κ2) is 6.74. The second-order valence-electron chi connectivity index (χ2n) is 4.38. The largest absolute Gasteiger partial charge is 0.466 e. The smallest absolute Gasteiger partial charge is 0.306 e. The molecule has 19 heavy (non-hydrogen) atoms. The van der Waals surface area contributed by atoms with E-state index in [0.717, 1.165) is 11.1 Å². The summed E-state index contributed by atoms with van der Waals surface area (Å²) in [4.78, 5) is 11.8. The highest BCUT2D eigenvalue weighted by molar-refractivity contribution is 5.71. The number of hydrogen-bond acceptors (Lipinski definition) is 2. The molecule has 0 bridgehead atoms. The van der Waals surface area contributed by atoms with Gasteiger partial charge in [0, 0.05) is 5.92 Å². The van der Waals surface area contributed by atoms with Crippen LogP contribution in [0, 0.1) is 0 Å². The van der Waals surface area contributed by atoms with Crippen molar-refractivity contribution in [3.05, 3.63) is 71.8 Å². The van der Waals surface area contributed by atoms with Crippen molar-refractivity contribution in [2.45, 2.75) is 19.3 Å². The van der Waals surface area contributed by atoms with Crippen molar-refractivity contribution in [3.63, 3.8) is 0 Å². The molecule has 2 aromatic carbocycles. The number of hydrogen-bond donors (Lipinski definition) is 0. The molecule has 0 aliphatic rings. The van der Waals surface area contributed by atoms with Crippen LogP contribution in [0.2, 0.25) is 0 Å². The zero-order chi connectivity index (χ0) is 13.5. The minimum absolute atomic E-state index is 0.0569. The number of carbonyl (C=O) groups is 1. The van der Waals surface area contributed by atoms with Crippen molar-refractivity contribution in [2.75, 3.05) is 6.61 Å². The molecule has 2 nitrogen and oxygen atoms in total. The summed E-state index contributed by atoms with van der Waals surface area (Å²) in [6.07, 6.45) is 0.377. The highest BCUT2D eigenvalue weighted by Gasteiger charge is 2.18. The molecule has 0 radical (unpaired) electrons. The van der Waals surface area contributed by atoms with Gasteiger partial charge in [-0.2, -0.15) is 0 Å². The van der Waals surface area contributed by atoms with Gasteiger partial charge in [-0.3, -0.25) is 4.79 Å². The Balaban J connectivity index is 2.26. The zero-order valence-corrected chi connectivity index (χ0v) is 11.1. The first-order valence-corrected chi connectivity index (χ1v) is 6.56. The summed E-state index contributed by atoms with van der Waals surface area (Å²) in [6.45, 7) is 2.26. The Labute approximate surface area is 114 Å². The molecule has 2 aromatic rings. The van der Waals surface area contributed by atoms with Crippen LogP contribution < -0.4 is 0 Å². The lowest BCUT2D eigenvalue weighted by atomic mass is 9.89. The van der Waals surface area contributed by atoms with E-state index in [2.05, 4.69) is 24.3 Å². The Hall–Kier alpha value is -2.09. The van der Waals surface area contributed by atoms with Gasteiger partial charge in [0.25, 0.3) is 0 Å². The maximum absolute atomic E-state index is 11.8. The third kappa shape index (κ3) is 3.68. The molecule has 98 valence electrons. The summed E-state index contributed by atoms with van der Waals surface area (Å²) in [6, 6.07) is 20.2. The Morgan fingerprint density at radius 2 is 1.42 bits per heavy atom. The average Bonchev–Trinajstić information content (AvgIpc) is 2.47. The van der Waals surface area contributed by atoms with E-state index in [1.54, 1.807) is 0 Å². The number of benzene rings is 2. The normalized spacial score (nSPS) is 10.4. The van der Waals surface area contributed by atoms with Gasteiger partial charge in [-0.25, -0.2) is 0 Å². The van der Waals surface area contributed by atoms with Gasteiger partial charge in [0.1, 0.15) is 0 Å². The third-order valence-corrected chi connectivity index (χ3v) is 3.08. The maximum atomic E-state index is 11.8. The summed E-state index contributed by atoms with van der Waals surface area (Å²) in [5.41, 5.74) is 2.28. The van der Waals surface area contributed by atoms with Gasteiger partial charge in [0.15, 0.2) is 0 Å². The first kappa shape index (κ1) is 13.3. The molecule has 0 fully saturated rings. The van der Waals surface area contributed by atoms with Crippen LogP contribution in [0.1, 0.15) is 30.4 Å². The molecule has 2 rings (SSSR count). The lowest BCUT2D eigenvalue weighted by molar-refractivity contribution is -0.143. The molecule has 0 aromatic heterocycles. The standard InChI is InChI=1S/C17H18O2/c1-2-19-17(18)13-16(14-9-5-3-6-10-14)15-11-7-4-8-12-15/h3-12,16H,2,13H2,1H3. The molecule has 0 amide bonds. The molecule has 0 aliphatic heterocycles. The van der Waals surface area contributed by atoms with Crippen LogP contribution >= 0.6 is 0 Å². The van der Waals surface area contributed by atoms with Gasteiger partial charge in [-0.15, -0.1) is 0 Å². The Morgan fingerprint density at radius 3 is 1.84 bits per heavy atom. The van der Waals surface area contributed by atoms with Gasteiger partial charge in [-0.1, -0.05) is 60.7 Å². The first-order valence-electron chi connectivity index (χ1n) is 6.56. The predicted octanol–water partition coefficient (Wildman–Crippen LogP) is 3.77. The van der Waals surface area contributed by atoms with E-state index in [-0.39, 0.29) is 11.9 Å². The highest BCUT2D eigenvalue weighted by atomic mass is 16.5. The van der Waals surface area contributed by atoms with E-state index in [0.29, 0.717) is 13.0 Å². The SMILES string of the molecule is CCOC(=O)CC(c1ccccc1)c1ccccc1. The molecule has 0 atom stereocenters. The molecule has 0 saturated heterocycles. The van der Waals surface area contributed by atoms with Crippen LogP contribution in [-0.2, 0) is 9.53 Å². The van der Waals surface area contributed by atoms with Crippen molar-refractivity contribution in [1.29, 1.82) is 0 Å². The van der Waals surface area contributed by atoms with Crippen molar-refractivity contribution in [2.24, 2.45) is 0 Å². The highest BCUT2D eigenvalue weighted by Crippen LogP contribution is 2.28. The van der Waals surface area contributed by atoms with Crippen molar-refractivity contribution < 1.29 is 9.53 Å². The average molecular weight is 254 g/mol. The van der Waals surface area contributed by atoms with Crippen molar-refractivity contribution in [3.8, 4) is 0 Å². The summed E-state index contributed by atoms with van der Waals surface area (Å²) < 4.78 is 5.08. The number of rotatable bonds is 5. The van der Waals surface area contributed by atoms with E-state index < -0.39 is 0 Å². The van der Waals surface area contributed by atoms with Crippen LogP contribution in [0.4, 0.5) is 0 Å². The zero-order valence-electron chi connectivity index (χ0n) is 11.1. The number of carbonyl (C=O) groups excluding carboxylic acids is 1. The van der Waals surface area contributed by atoms with Gasteiger partial charge in [0.05, 0.1) is 13.0 Å². The summed E-state index contributed by atoms with van der Waals surface area (Å²) in [5, 5.41) is 0. The number of esters is 1. The molecule has 0 heterocycles. The van der Waals surface area contributed by atoms with Gasteiger partial charge in [-0.05, 0) is 18.1 Å². The summed E-state index contributed by atoms with van der Waals surface area (Å²) >= 11 is 0. The van der Waals surface area contributed by atoms with Gasteiger partial charge in [0.2, 0.25) is 0 Å². The van der Waals surface area contributed by atoms with Crippen LogP contribution in [0.15, 0.2) is 60.7 Å². The third-order valence-electron chi connectivity index (χ3n) is 3.08. The summed E-state index contributed by atoms with van der Waals surface area (Å²) in [5.74, 6) is -0.0957. The van der Waals surface area contributed by atoms with Gasteiger partial charge >= 0.3 is 5.97 Å². The second-order valence-corrected chi connectivity index (χ2v) is 4.38. The van der Waals surface area contributed by atoms with Crippen LogP contribution in [0.25, 0.3) is 0 Å². The van der Waals surface area contributed by atoms with E-state index in [1.807, 2.05) is 43.3 Å². The van der Waals surface area contributed by atoms with Gasteiger partial charge < -0.3 is 4.74 Å². The minimum atomic E-state index is -0.153. The molecule has 0 unspecified atom stereocenters. The summed E-state index contributed by atoms with van der Waals surface area (Å²) in [7, 11) is 0. The van der Waals surface area contributed by atoms with E-state index >= 15 is 0 Å². The van der Waals surface area contributed by atoms with Crippen molar-refractivity contribution >= 4 is 5.97 Å². The van der Waals surface area contributed by atoms with E-state index in [4.69, 9.17) is 4.74 Å². The number of ether oxygens (including phenoxy) is 1.